The van der Waals surface area contributed by atoms with Gasteiger partial charge in [-0.2, -0.15) is 9.90 Å². The third kappa shape index (κ3) is 3.70. The Morgan fingerprint density at radius 2 is 2.29 bits per heavy atom. The molecule has 3 nitrogen and oxygen atoms in total. The maximum absolute atomic E-state index is 3.85. The Hall–Kier alpha value is -0.140. The Morgan fingerprint density at radius 1 is 1.57 bits per heavy atom. The van der Waals surface area contributed by atoms with Gasteiger partial charge in [-0.1, -0.05) is 0 Å². The maximum Gasteiger partial charge on any atom is 0.0825 e. The summed E-state index contributed by atoms with van der Waals surface area (Å²) in [6, 6.07) is 0. The molecule has 0 aromatic heterocycles. The first kappa shape index (κ1) is 9.97. The summed E-state index contributed by atoms with van der Waals surface area (Å²) in [5.74, 6) is 0. The highest BCUT2D eigenvalue weighted by atomic mass is 31.0. The normalized spacial score (nSPS) is 13.7. The van der Waals surface area contributed by atoms with Crippen LogP contribution in [0, 0.1) is 0 Å². The molecule has 1 aliphatic rings. The molecule has 4 N–H and O–H groups in total. The van der Waals surface area contributed by atoms with Crippen molar-refractivity contribution >= 4 is 16.2 Å². The van der Waals surface area contributed by atoms with E-state index < -0.39 is 0 Å². The highest BCUT2D eigenvalue weighted by Crippen LogP contribution is 1.68. The summed E-state index contributed by atoms with van der Waals surface area (Å²) in [5, 5.41) is 2.93. The molecule has 1 rings (SSSR count). The first-order valence-corrected chi connectivity index (χ1v) is 1.72. The quantitative estimate of drug-likeness (QED) is 0.437. The highest BCUT2D eigenvalue weighted by molar-refractivity contribution is 6.92. The Balaban J connectivity index is 0. The van der Waals surface area contributed by atoms with Crippen LogP contribution >= 0.6 is 9.90 Å². The summed E-state index contributed by atoms with van der Waals surface area (Å²) in [7, 11) is 0. The molecule has 0 radical (unpaired) electrons. The van der Waals surface area contributed by atoms with E-state index in [1.54, 1.807) is 6.34 Å². The van der Waals surface area contributed by atoms with Crippen LogP contribution in [0.1, 0.15) is 0 Å². The van der Waals surface area contributed by atoms with Crippen LogP contribution in [-0.4, -0.2) is 19.4 Å². The lowest BCUT2D eigenvalue weighted by molar-refractivity contribution is 0.965. The molecule has 0 aliphatic carbocycles. The predicted molar refractivity (Wildman–Crippen MR) is 37.5 cm³/mol. The van der Waals surface area contributed by atoms with Gasteiger partial charge in [0.05, 0.1) is 12.9 Å². The third-order valence-corrected chi connectivity index (χ3v) is 0.568. The zero-order valence-electron chi connectivity index (χ0n) is 4.35. The summed E-state index contributed by atoms with van der Waals surface area (Å²) in [6.07, 6.45) is 1.74. The topological polar surface area (TPSA) is 59.4 Å². The summed E-state index contributed by atoms with van der Waals surface area (Å²) in [6.45, 7) is 1.99. The third-order valence-electron chi connectivity index (χ3n) is 0.568. The molecule has 0 saturated carbocycles. The summed E-state index contributed by atoms with van der Waals surface area (Å²) < 4.78 is 0. The van der Waals surface area contributed by atoms with Crippen LogP contribution in [-0.2, 0) is 0 Å². The molecule has 0 aromatic rings. The molecule has 1 atom stereocenters. The number of rotatable bonds is 0. The smallest absolute Gasteiger partial charge is 0.0825 e. The van der Waals surface area contributed by atoms with E-state index in [0.717, 1.165) is 13.1 Å². The molecule has 0 amide bonds. The Morgan fingerprint density at radius 3 is 2.43 bits per heavy atom. The lowest BCUT2D eigenvalue weighted by atomic mass is 10.7. The standard InChI is InChI=1S/C3H6N2.H3N.H3P/c1-2-5-3-4-1;;/h3H,1-2H2,(H,4,5);2*1H3. The molecular weight excluding hydrogens is 109 g/mol. The fourth-order valence-corrected chi connectivity index (χ4v) is 0.323. The van der Waals surface area contributed by atoms with Gasteiger partial charge in [-0.05, 0) is 0 Å². The van der Waals surface area contributed by atoms with E-state index in [0.29, 0.717) is 0 Å². The van der Waals surface area contributed by atoms with Crippen LogP contribution in [0.4, 0.5) is 0 Å². The van der Waals surface area contributed by atoms with Gasteiger partial charge in [0.2, 0.25) is 0 Å². The van der Waals surface area contributed by atoms with Gasteiger partial charge >= 0.3 is 0 Å². The zero-order chi connectivity index (χ0) is 3.54. The maximum atomic E-state index is 3.85. The molecule has 0 saturated heterocycles. The Bertz CT molecular complexity index is 48.1. The number of aliphatic imine (C=N–C) groups is 1. The van der Waals surface area contributed by atoms with Crippen molar-refractivity contribution in [2.75, 3.05) is 13.1 Å². The van der Waals surface area contributed by atoms with Crippen molar-refractivity contribution in [3.05, 3.63) is 0 Å². The van der Waals surface area contributed by atoms with Crippen LogP contribution in [0.2, 0.25) is 0 Å². The molecule has 1 heterocycles. The average Bonchev–Trinajstić information content (AvgIpc) is 1.76. The van der Waals surface area contributed by atoms with Gasteiger partial charge in [0.1, 0.15) is 0 Å². The van der Waals surface area contributed by atoms with Gasteiger partial charge in [0.15, 0.2) is 0 Å². The van der Waals surface area contributed by atoms with Crippen LogP contribution < -0.4 is 11.5 Å². The van der Waals surface area contributed by atoms with Crippen molar-refractivity contribution in [3.8, 4) is 0 Å². The molecule has 0 fully saturated rings. The first-order chi connectivity index (χ1) is 2.50. The average molecular weight is 121 g/mol. The van der Waals surface area contributed by atoms with Crippen LogP contribution in [0.5, 0.6) is 0 Å². The van der Waals surface area contributed by atoms with Crippen molar-refractivity contribution in [3.63, 3.8) is 0 Å². The van der Waals surface area contributed by atoms with Crippen molar-refractivity contribution in [2.45, 2.75) is 0 Å². The van der Waals surface area contributed by atoms with Crippen LogP contribution in [0.25, 0.3) is 0 Å². The molecule has 0 bridgehead atoms. The zero-order valence-corrected chi connectivity index (χ0v) is 5.77. The Kier molecular flexibility index (Phi) is 8.35. The monoisotopic (exact) mass is 121 g/mol. The van der Waals surface area contributed by atoms with Gasteiger partial charge in [0, 0.05) is 6.54 Å². The lowest BCUT2D eigenvalue weighted by Gasteiger charge is -1.75. The minimum Gasteiger partial charge on any atom is -0.375 e. The number of hydrogen-bond donors (Lipinski definition) is 2. The van der Waals surface area contributed by atoms with Gasteiger partial charge in [0.25, 0.3) is 0 Å². The highest BCUT2D eigenvalue weighted by Gasteiger charge is 1.82. The number of hydrogen-bond acceptors (Lipinski definition) is 3. The molecule has 4 heteroatoms. The van der Waals surface area contributed by atoms with Crippen molar-refractivity contribution in [1.82, 2.24) is 11.5 Å². The minimum atomic E-state index is 0. The molecule has 7 heavy (non-hydrogen) atoms. The van der Waals surface area contributed by atoms with E-state index in [4.69, 9.17) is 0 Å². The van der Waals surface area contributed by atoms with E-state index in [2.05, 4.69) is 10.3 Å². The van der Waals surface area contributed by atoms with Crippen molar-refractivity contribution in [1.29, 1.82) is 0 Å². The lowest BCUT2D eigenvalue weighted by Crippen LogP contribution is -2.04. The van der Waals surface area contributed by atoms with Gasteiger partial charge in [-0.15, -0.1) is 0 Å². The van der Waals surface area contributed by atoms with Crippen molar-refractivity contribution in [2.24, 2.45) is 4.99 Å². The van der Waals surface area contributed by atoms with E-state index in [1.165, 1.54) is 0 Å². The van der Waals surface area contributed by atoms with Gasteiger partial charge < -0.3 is 11.5 Å². The first-order valence-electron chi connectivity index (χ1n) is 1.72. The molecule has 1 aliphatic heterocycles. The van der Waals surface area contributed by atoms with Gasteiger partial charge in [-0.3, -0.25) is 4.99 Å². The second-order valence-corrected chi connectivity index (χ2v) is 0.989. The largest absolute Gasteiger partial charge is 0.375 e. The molecule has 0 aromatic carbocycles. The second kappa shape index (κ2) is 5.86. The number of nitrogens with one attached hydrogen (secondary N) is 1. The van der Waals surface area contributed by atoms with Crippen LogP contribution in [0.15, 0.2) is 4.99 Å². The molecule has 1 unspecified atom stereocenters. The second-order valence-electron chi connectivity index (χ2n) is 0.989. The van der Waals surface area contributed by atoms with Crippen molar-refractivity contribution < 1.29 is 0 Å². The van der Waals surface area contributed by atoms with E-state index in [-0.39, 0.29) is 16.0 Å². The fraction of sp³-hybridized carbons (Fsp3) is 0.667. The number of nitrogens with zero attached hydrogens (tertiary/aromatic N) is 1. The SMILES string of the molecule is C1=NCCN1.N.P. The van der Waals surface area contributed by atoms with Gasteiger partial charge in [-0.25, -0.2) is 0 Å². The molecule has 44 valence electrons. The van der Waals surface area contributed by atoms with E-state index >= 15 is 0 Å². The minimum absolute atomic E-state index is 0. The fourth-order valence-electron chi connectivity index (χ4n) is 0.323. The Labute approximate surface area is 46.8 Å². The predicted octanol–water partition coefficient (Wildman–Crippen LogP) is -0.162. The summed E-state index contributed by atoms with van der Waals surface area (Å²) in [5.41, 5.74) is 0. The molecule has 0 spiro atoms. The molecular formula is C3H12N3P. The summed E-state index contributed by atoms with van der Waals surface area (Å²) in [4.78, 5) is 3.85. The summed E-state index contributed by atoms with van der Waals surface area (Å²) >= 11 is 0. The van der Waals surface area contributed by atoms with Crippen LogP contribution in [0.3, 0.4) is 0 Å². The van der Waals surface area contributed by atoms with E-state index in [1.807, 2.05) is 0 Å². The van der Waals surface area contributed by atoms with E-state index in [9.17, 15) is 0 Å².